The number of pyridine rings is 1. The van der Waals surface area contributed by atoms with Gasteiger partial charge < -0.3 is 10.4 Å². The van der Waals surface area contributed by atoms with Crippen molar-refractivity contribution in [1.29, 1.82) is 0 Å². The summed E-state index contributed by atoms with van der Waals surface area (Å²) in [6.07, 6.45) is 0.717. The fraction of sp³-hybridized carbons (Fsp3) is 0.400. The van der Waals surface area contributed by atoms with Gasteiger partial charge in [-0.3, -0.25) is 15.1 Å². The van der Waals surface area contributed by atoms with Gasteiger partial charge in [-0.2, -0.15) is 0 Å². The molecule has 0 amide bonds. The van der Waals surface area contributed by atoms with Crippen LogP contribution in [0.15, 0.2) is 24.3 Å². The molecular formula is C15H19N3O3. The van der Waals surface area contributed by atoms with Crippen molar-refractivity contribution in [2.45, 2.75) is 20.3 Å². The van der Waals surface area contributed by atoms with Gasteiger partial charge in [-0.1, -0.05) is 6.92 Å². The molecular weight excluding hydrogens is 270 g/mol. The summed E-state index contributed by atoms with van der Waals surface area (Å²) in [6.45, 7) is 4.79. The number of anilines is 1. The topological polar surface area (TPSA) is 88.3 Å². The van der Waals surface area contributed by atoms with E-state index in [1.165, 1.54) is 6.07 Å². The lowest BCUT2D eigenvalue weighted by atomic mass is 10.1. The van der Waals surface area contributed by atoms with Gasteiger partial charge in [-0.05, 0) is 31.4 Å². The summed E-state index contributed by atoms with van der Waals surface area (Å²) in [4.78, 5) is 14.9. The molecule has 1 heterocycles. The quantitative estimate of drug-likeness (QED) is 0.630. The normalized spacial score (nSPS) is 12.3. The molecule has 1 aromatic heterocycles. The number of hydrogen-bond donors (Lipinski definition) is 2. The van der Waals surface area contributed by atoms with Gasteiger partial charge in [0.1, 0.15) is 0 Å². The monoisotopic (exact) mass is 289 g/mol. The molecule has 0 saturated carbocycles. The summed E-state index contributed by atoms with van der Waals surface area (Å²) < 4.78 is 0. The Morgan fingerprint density at radius 2 is 2.19 bits per heavy atom. The third-order valence-electron chi connectivity index (χ3n) is 3.39. The number of nitro groups is 1. The van der Waals surface area contributed by atoms with E-state index in [2.05, 4.69) is 10.3 Å². The average molecular weight is 289 g/mol. The number of nitro benzene ring substituents is 1. The number of aliphatic hydroxyl groups is 1. The van der Waals surface area contributed by atoms with Crippen molar-refractivity contribution in [2.75, 3.05) is 18.5 Å². The molecule has 0 aliphatic carbocycles. The molecule has 2 N–H and O–H groups in total. The summed E-state index contributed by atoms with van der Waals surface area (Å²) in [5, 5.41) is 23.9. The van der Waals surface area contributed by atoms with E-state index >= 15 is 0 Å². The molecule has 112 valence electrons. The lowest BCUT2D eigenvalue weighted by molar-refractivity contribution is -0.384. The van der Waals surface area contributed by atoms with E-state index in [0.29, 0.717) is 12.5 Å². The number of nitrogens with zero attached hydrogens (tertiary/aromatic N) is 2. The molecule has 1 aromatic carbocycles. The maximum atomic E-state index is 10.9. The Kier molecular flexibility index (Phi) is 4.70. The van der Waals surface area contributed by atoms with Crippen molar-refractivity contribution in [3.63, 3.8) is 0 Å². The van der Waals surface area contributed by atoms with E-state index in [-0.39, 0.29) is 12.3 Å². The van der Waals surface area contributed by atoms with Crippen LogP contribution in [-0.2, 0) is 0 Å². The highest BCUT2D eigenvalue weighted by atomic mass is 16.6. The zero-order valence-electron chi connectivity index (χ0n) is 12.2. The first-order chi connectivity index (χ1) is 10.0. The van der Waals surface area contributed by atoms with Crippen LogP contribution in [0.4, 0.5) is 11.4 Å². The van der Waals surface area contributed by atoms with Crippen LogP contribution >= 0.6 is 0 Å². The van der Waals surface area contributed by atoms with Crippen molar-refractivity contribution in [2.24, 2.45) is 5.92 Å². The van der Waals surface area contributed by atoms with Gasteiger partial charge in [0.25, 0.3) is 5.69 Å². The summed E-state index contributed by atoms with van der Waals surface area (Å²) in [6, 6.07) is 6.56. The molecule has 0 aliphatic heterocycles. The molecule has 0 unspecified atom stereocenters. The number of nitrogens with one attached hydrogen (secondary N) is 1. The van der Waals surface area contributed by atoms with Gasteiger partial charge in [0, 0.05) is 42.1 Å². The van der Waals surface area contributed by atoms with Gasteiger partial charge in [-0.25, -0.2) is 0 Å². The van der Waals surface area contributed by atoms with Gasteiger partial charge in [0.05, 0.1) is 10.4 Å². The van der Waals surface area contributed by atoms with Crippen LogP contribution in [0.25, 0.3) is 10.9 Å². The fourth-order valence-electron chi connectivity index (χ4n) is 2.21. The standard InChI is InChI=1S/C15H19N3O3/c1-10(5-6-19)9-16-15-7-11(2)17-14-4-3-12(18(20)21)8-13(14)15/h3-4,7-8,10,19H,5-6,9H2,1-2H3,(H,16,17)/t10-/m0/s1. The van der Waals surface area contributed by atoms with E-state index in [0.717, 1.165) is 28.7 Å². The number of rotatable bonds is 6. The van der Waals surface area contributed by atoms with Crippen LogP contribution in [0.3, 0.4) is 0 Å². The summed E-state index contributed by atoms with van der Waals surface area (Å²) in [7, 11) is 0. The molecule has 0 fully saturated rings. The van der Waals surface area contributed by atoms with E-state index in [9.17, 15) is 10.1 Å². The number of aryl methyl sites for hydroxylation is 1. The minimum atomic E-state index is -0.405. The number of aliphatic hydroxyl groups excluding tert-OH is 1. The average Bonchev–Trinajstić information content (AvgIpc) is 2.44. The van der Waals surface area contributed by atoms with Crippen LogP contribution in [0.5, 0.6) is 0 Å². The molecule has 0 aliphatic rings. The molecule has 6 heteroatoms. The summed E-state index contributed by atoms with van der Waals surface area (Å²) >= 11 is 0. The first kappa shape index (κ1) is 15.2. The molecule has 21 heavy (non-hydrogen) atoms. The molecule has 0 spiro atoms. The third kappa shape index (κ3) is 3.66. The Hall–Kier alpha value is -2.21. The smallest absolute Gasteiger partial charge is 0.270 e. The molecule has 2 aromatic rings. The molecule has 0 saturated heterocycles. The molecule has 1 atom stereocenters. The number of benzene rings is 1. The second-order valence-corrected chi connectivity index (χ2v) is 5.27. The Labute approximate surface area is 123 Å². The van der Waals surface area contributed by atoms with E-state index in [4.69, 9.17) is 5.11 Å². The third-order valence-corrected chi connectivity index (χ3v) is 3.39. The molecule has 0 radical (unpaired) electrons. The predicted octanol–water partition coefficient (Wildman–Crippen LogP) is 2.88. The largest absolute Gasteiger partial charge is 0.396 e. The maximum Gasteiger partial charge on any atom is 0.270 e. The Bertz CT molecular complexity index is 658. The number of fused-ring (bicyclic) bond motifs is 1. The van der Waals surface area contributed by atoms with Gasteiger partial charge in [0.2, 0.25) is 0 Å². The highest BCUT2D eigenvalue weighted by Gasteiger charge is 2.11. The maximum absolute atomic E-state index is 10.9. The lowest BCUT2D eigenvalue weighted by Gasteiger charge is -2.14. The minimum absolute atomic E-state index is 0.0552. The Morgan fingerprint density at radius 3 is 2.86 bits per heavy atom. The molecule has 6 nitrogen and oxygen atoms in total. The highest BCUT2D eigenvalue weighted by molar-refractivity contribution is 5.93. The van der Waals surface area contributed by atoms with Crippen molar-refractivity contribution in [3.05, 3.63) is 40.1 Å². The zero-order valence-corrected chi connectivity index (χ0v) is 12.2. The zero-order chi connectivity index (χ0) is 15.4. The van der Waals surface area contributed by atoms with Gasteiger partial charge in [-0.15, -0.1) is 0 Å². The van der Waals surface area contributed by atoms with E-state index < -0.39 is 4.92 Å². The lowest BCUT2D eigenvalue weighted by Crippen LogP contribution is -2.13. The second kappa shape index (κ2) is 6.49. The second-order valence-electron chi connectivity index (χ2n) is 5.27. The van der Waals surface area contributed by atoms with Crippen molar-refractivity contribution >= 4 is 22.3 Å². The minimum Gasteiger partial charge on any atom is -0.396 e. The number of hydrogen-bond acceptors (Lipinski definition) is 5. The van der Waals surface area contributed by atoms with Gasteiger partial charge in [0.15, 0.2) is 0 Å². The van der Waals surface area contributed by atoms with E-state index in [1.54, 1.807) is 12.1 Å². The number of non-ortho nitro benzene ring substituents is 1. The molecule has 0 bridgehead atoms. The van der Waals surface area contributed by atoms with Crippen molar-refractivity contribution in [3.8, 4) is 0 Å². The van der Waals surface area contributed by atoms with Crippen LogP contribution in [0.1, 0.15) is 19.0 Å². The van der Waals surface area contributed by atoms with Crippen LogP contribution in [-0.4, -0.2) is 28.2 Å². The Balaban J connectivity index is 2.36. The van der Waals surface area contributed by atoms with Gasteiger partial charge >= 0.3 is 0 Å². The van der Waals surface area contributed by atoms with Crippen molar-refractivity contribution < 1.29 is 10.0 Å². The van der Waals surface area contributed by atoms with Crippen LogP contribution in [0, 0.1) is 23.0 Å². The van der Waals surface area contributed by atoms with E-state index in [1.807, 2.05) is 19.9 Å². The fourth-order valence-corrected chi connectivity index (χ4v) is 2.21. The number of aromatic nitrogens is 1. The summed E-state index contributed by atoms with van der Waals surface area (Å²) in [5.41, 5.74) is 2.48. The van der Waals surface area contributed by atoms with Crippen LogP contribution < -0.4 is 5.32 Å². The SMILES string of the molecule is Cc1cc(NC[C@@H](C)CCO)c2cc([N+](=O)[O-])ccc2n1. The first-order valence-corrected chi connectivity index (χ1v) is 6.91. The Morgan fingerprint density at radius 1 is 1.43 bits per heavy atom. The highest BCUT2D eigenvalue weighted by Crippen LogP contribution is 2.27. The first-order valence-electron chi connectivity index (χ1n) is 6.91. The molecule has 2 rings (SSSR count). The predicted molar refractivity (Wildman–Crippen MR) is 82.5 cm³/mol. The summed E-state index contributed by atoms with van der Waals surface area (Å²) in [5.74, 6) is 0.317. The van der Waals surface area contributed by atoms with Crippen LogP contribution in [0.2, 0.25) is 0 Å². The van der Waals surface area contributed by atoms with Crippen molar-refractivity contribution in [1.82, 2.24) is 4.98 Å².